The normalized spacial score (nSPS) is 16.1. The molecule has 1 atom stereocenters. The van der Waals surface area contributed by atoms with Crippen LogP contribution < -0.4 is 10.6 Å². The Morgan fingerprint density at radius 3 is 2.62 bits per heavy atom. The largest absolute Gasteiger partial charge is 0.421 e. The van der Waals surface area contributed by atoms with Crippen LogP contribution in [0.4, 0.5) is 5.69 Å². The van der Waals surface area contributed by atoms with Crippen molar-refractivity contribution in [2.24, 2.45) is 7.05 Å². The number of aryl methyl sites for hydroxylation is 2. The van der Waals surface area contributed by atoms with E-state index in [2.05, 4.69) is 25.8 Å². The van der Waals surface area contributed by atoms with E-state index >= 15 is 0 Å². The van der Waals surface area contributed by atoms with Crippen molar-refractivity contribution in [2.45, 2.75) is 32.4 Å². The number of carbonyl (C=O) groups is 3. The Morgan fingerprint density at radius 1 is 1.19 bits per heavy atom. The predicted octanol–water partition coefficient (Wildman–Crippen LogP) is 1.02. The monoisotopic (exact) mass is 437 g/mol. The van der Waals surface area contributed by atoms with Crippen molar-refractivity contribution >= 4 is 23.4 Å². The lowest BCUT2D eigenvalue weighted by atomic mass is 10.0. The zero-order chi connectivity index (χ0) is 22.7. The number of likely N-dealkylation sites (tertiary alicyclic amines) is 1. The third kappa shape index (κ3) is 4.66. The molecule has 0 aliphatic carbocycles. The van der Waals surface area contributed by atoms with Crippen LogP contribution in [0, 0.1) is 6.92 Å². The summed E-state index contributed by atoms with van der Waals surface area (Å²) in [5.41, 5.74) is 1.12. The zero-order valence-electron chi connectivity index (χ0n) is 17.7. The van der Waals surface area contributed by atoms with Crippen LogP contribution in [-0.4, -0.2) is 55.0 Å². The highest BCUT2D eigenvalue weighted by atomic mass is 16.4. The second-order valence-electron chi connectivity index (χ2n) is 7.54. The van der Waals surface area contributed by atoms with Gasteiger partial charge in [0.05, 0.1) is 6.54 Å². The molecule has 0 bridgehead atoms. The van der Waals surface area contributed by atoms with Crippen LogP contribution >= 0.6 is 0 Å². The van der Waals surface area contributed by atoms with Crippen LogP contribution in [0.2, 0.25) is 0 Å². The van der Waals surface area contributed by atoms with Gasteiger partial charge >= 0.3 is 11.8 Å². The Bertz CT molecular complexity index is 1140. The second kappa shape index (κ2) is 9.00. The van der Waals surface area contributed by atoms with Gasteiger partial charge in [0.15, 0.2) is 0 Å². The molecule has 0 saturated carbocycles. The summed E-state index contributed by atoms with van der Waals surface area (Å²) in [6, 6.07) is 5.90. The Kier molecular flexibility index (Phi) is 5.97. The number of imidazole rings is 1. The first-order valence-electron chi connectivity index (χ1n) is 10.2. The van der Waals surface area contributed by atoms with E-state index in [0.29, 0.717) is 42.5 Å². The number of benzene rings is 1. The summed E-state index contributed by atoms with van der Waals surface area (Å²) >= 11 is 0. The van der Waals surface area contributed by atoms with E-state index in [9.17, 15) is 14.4 Å². The van der Waals surface area contributed by atoms with Crippen LogP contribution in [0.15, 0.2) is 41.1 Å². The highest BCUT2D eigenvalue weighted by molar-refractivity contribution is 6.40. The van der Waals surface area contributed by atoms with Gasteiger partial charge in [-0.25, -0.2) is 4.98 Å². The number of anilines is 1. The molecular weight excluding hydrogens is 414 g/mol. The lowest BCUT2D eigenvalue weighted by molar-refractivity contribution is -0.142. The molecule has 1 fully saturated rings. The van der Waals surface area contributed by atoms with E-state index in [1.54, 1.807) is 42.3 Å². The van der Waals surface area contributed by atoms with Crippen molar-refractivity contribution in [1.29, 1.82) is 0 Å². The van der Waals surface area contributed by atoms with Crippen LogP contribution in [0.3, 0.4) is 0 Å². The van der Waals surface area contributed by atoms with E-state index in [4.69, 9.17) is 4.42 Å². The fourth-order valence-electron chi connectivity index (χ4n) is 3.47. The molecule has 11 nitrogen and oxygen atoms in total. The third-order valence-electron chi connectivity index (χ3n) is 5.21. The number of rotatable bonds is 5. The van der Waals surface area contributed by atoms with Crippen LogP contribution in [0.5, 0.6) is 0 Å². The van der Waals surface area contributed by atoms with E-state index in [-0.39, 0.29) is 5.91 Å². The summed E-state index contributed by atoms with van der Waals surface area (Å²) in [5.74, 6) is -0.366. The van der Waals surface area contributed by atoms with Gasteiger partial charge in [0.25, 0.3) is 0 Å². The Labute approximate surface area is 183 Å². The number of amides is 3. The first-order chi connectivity index (χ1) is 15.4. The first kappa shape index (κ1) is 21.2. The van der Waals surface area contributed by atoms with Gasteiger partial charge in [0, 0.05) is 44.2 Å². The number of hydrogen-bond donors (Lipinski definition) is 2. The molecule has 166 valence electrons. The Hall–Kier alpha value is -4.02. The van der Waals surface area contributed by atoms with Gasteiger partial charge in [-0.15, -0.1) is 10.2 Å². The summed E-state index contributed by atoms with van der Waals surface area (Å²) in [5, 5.41) is 12.8. The van der Waals surface area contributed by atoms with E-state index in [1.807, 2.05) is 17.8 Å². The molecule has 3 heterocycles. The quantitative estimate of drug-likeness (QED) is 0.569. The van der Waals surface area contributed by atoms with Gasteiger partial charge in [0.1, 0.15) is 11.9 Å². The fourth-order valence-corrected chi connectivity index (χ4v) is 3.47. The first-order valence-corrected chi connectivity index (χ1v) is 10.2. The second-order valence-corrected chi connectivity index (χ2v) is 7.54. The molecule has 3 amide bonds. The number of nitrogens with one attached hydrogen (secondary N) is 2. The molecule has 0 spiro atoms. The van der Waals surface area contributed by atoms with Crippen molar-refractivity contribution in [2.75, 3.05) is 11.9 Å². The minimum atomic E-state index is -0.862. The molecule has 1 aliphatic rings. The highest BCUT2D eigenvalue weighted by Gasteiger charge is 2.32. The molecule has 1 unspecified atom stereocenters. The van der Waals surface area contributed by atoms with Gasteiger partial charge < -0.3 is 24.5 Å². The maximum absolute atomic E-state index is 12.8. The molecule has 4 rings (SSSR count). The Morgan fingerprint density at radius 2 is 1.97 bits per heavy atom. The van der Waals surface area contributed by atoms with Crippen LogP contribution in [-0.2, 0) is 28.0 Å². The molecule has 1 saturated heterocycles. The molecule has 0 radical (unpaired) electrons. The van der Waals surface area contributed by atoms with Crippen molar-refractivity contribution in [3.8, 4) is 11.5 Å². The lowest BCUT2D eigenvalue weighted by Gasteiger charge is -2.32. The minimum absolute atomic E-state index is 0.223. The van der Waals surface area contributed by atoms with Gasteiger partial charge in [-0.2, -0.15) is 0 Å². The van der Waals surface area contributed by atoms with Crippen molar-refractivity contribution < 1.29 is 18.8 Å². The van der Waals surface area contributed by atoms with E-state index in [0.717, 1.165) is 12.2 Å². The lowest BCUT2D eigenvalue weighted by Crippen LogP contribution is -2.53. The molecule has 32 heavy (non-hydrogen) atoms. The standard InChI is InChI=1S/C21H23N7O4/c1-13-25-26-20(32-13)14-5-7-15(8-6-14)23-18(29)19(30)24-16-4-3-10-28(21(16)31)12-17-22-9-11-27(17)2/h5-9,11,16H,3-4,10,12H2,1-2H3,(H,23,29)(H,24,30). The minimum Gasteiger partial charge on any atom is -0.421 e. The average Bonchev–Trinajstić information content (AvgIpc) is 3.39. The molecule has 1 aliphatic heterocycles. The summed E-state index contributed by atoms with van der Waals surface area (Å²) in [6.45, 7) is 2.63. The summed E-state index contributed by atoms with van der Waals surface area (Å²) in [7, 11) is 1.86. The zero-order valence-corrected chi connectivity index (χ0v) is 17.7. The summed E-state index contributed by atoms with van der Waals surface area (Å²) in [4.78, 5) is 43.4. The van der Waals surface area contributed by atoms with Crippen molar-refractivity contribution in [3.05, 3.63) is 48.4 Å². The predicted molar refractivity (Wildman–Crippen MR) is 113 cm³/mol. The average molecular weight is 437 g/mol. The van der Waals surface area contributed by atoms with Crippen molar-refractivity contribution in [3.63, 3.8) is 0 Å². The van der Waals surface area contributed by atoms with Gasteiger partial charge in [-0.05, 0) is 37.1 Å². The molecular formula is C21H23N7O4. The topological polar surface area (TPSA) is 135 Å². The van der Waals surface area contributed by atoms with Crippen LogP contribution in [0.1, 0.15) is 24.6 Å². The fraction of sp³-hybridized carbons (Fsp3) is 0.333. The maximum Gasteiger partial charge on any atom is 0.313 e. The SMILES string of the molecule is Cc1nnc(-c2ccc(NC(=O)C(=O)NC3CCCN(Cc4nccn4C)C3=O)cc2)o1. The molecule has 11 heteroatoms. The smallest absolute Gasteiger partial charge is 0.313 e. The molecule has 3 aromatic rings. The van der Waals surface area contributed by atoms with Gasteiger partial charge in [-0.3, -0.25) is 14.4 Å². The number of carbonyl (C=O) groups excluding carboxylic acids is 3. The Balaban J connectivity index is 1.33. The van der Waals surface area contributed by atoms with Crippen LogP contribution in [0.25, 0.3) is 11.5 Å². The maximum atomic E-state index is 12.8. The van der Waals surface area contributed by atoms with E-state index in [1.165, 1.54) is 0 Å². The summed E-state index contributed by atoms with van der Waals surface area (Å²) in [6.07, 6.45) is 4.68. The molecule has 2 N–H and O–H groups in total. The number of nitrogens with zero attached hydrogens (tertiary/aromatic N) is 5. The number of aromatic nitrogens is 4. The van der Waals surface area contributed by atoms with Gasteiger partial charge in [-0.1, -0.05) is 0 Å². The van der Waals surface area contributed by atoms with Gasteiger partial charge in [0.2, 0.25) is 17.7 Å². The highest BCUT2D eigenvalue weighted by Crippen LogP contribution is 2.20. The van der Waals surface area contributed by atoms with E-state index < -0.39 is 17.9 Å². The molecule has 1 aromatic carbocycles. The summed E-state index contributed by atoms with van der Waals surface area (Å²) < 4.78 is 7.20. The number of piperidine rings is 1. The number of hydrogen-bond acceptors (Lipinski definition) is 7. The third-order valence-corrected chi connectivity index (χ3v) is 5.21. The van der Waals surface area contributed by atoms with Crippen molar-refractivity contribution in [1.82, 2.24) is 30.0 Å². The molecule has 2 aromatic heterocycles.